The summed E-state index contributed by atoms with van der Waals surface area (Å²) in [5, 5.41) is 15.7. The summed E-state index contributed by atoms with van der Waals surface area (Å²) in [7, 11) is 0. The van der Waals surface area contributed by atoms with E-state index in [1.165, 1.54) is 16.0 Å². The van der Waals surface area contributed by atoms with Crippen molar-refractivity contribution in [2.45, 2.75) is 64.7 Å². The van der Waals surface area contributed by atoms with Crippen molar-refractivity contribution in [2.24, 2.45) is 0 Å². The van der Waals surface area contributed by atoms with Crippen LogP contribution >= 0.6 is 0 Å². The molecule has 1 aromatic carbocycles. The predicted octanol–water partition coefficient (Wildman–Crippen LogP) is 3.97. The molecule has 2 amide bonds. The Bertz CT molecular complexity index is 1340. The van der Waals surface area contributed by atoms with Gasteiger partial charge in [-0.05, 0) is 56.2 Å². The van der Waals surface area contributed by atoms with Crippen LogP contribution in [0.1, 0.15) is 54.6 Å². The molecule has 1 saturated carbocycles. The van der Waals surface area contributed by atoms with Crippen molar-refractivity contribution in [2.75, 3.05) is 0 Å². The van der Waals surface area contributed by atoms with Crippen LogP contribution in [0, 0.1) is 13.8 Å². The van der Waals surface area contributed by atoms with Gasteiger partial charge in [-0.25, -0.2) is 0 Å². The van der Waals surface area contributed by atoms with E-state index in [-0.39, 0.29) is 30.9 Å². The quantitative estimate of drug-likeness (QED) is 0.368. The Kier molecular flexibility index (Phi) is 7.16. The normalized spacial score (nSPS) is 14.5. The van der Waals surface area contributed by atoms with Gasteiger partial charge in [0.15, 0.2) is 6.04 Å². The van der Waals surface area contributed by atoms with Crippen molar-refractivity contribution in [1.82, 2.24) is 30.4 Å². The molecule has 0 unspecified atom stereocenters. The molecule has 10 heteroatoms. The highest BCUT2D eigenvalue weighted by Crippen LogP contribution is 2.28. The van der Waals surface area contributed by atoms with Crippen molar-refractivity contribution in [1.29, 1.82) is 0 Å². The van der Waals surface area contributed by atoms with E-state index in [4.69, 9.17) is 8.83 Å². The minimum absolute atomic E-state index is 0.0772. The van der Waals surface area contributed by atoms with Gasteiger partial charge in [-0.3, -0.25) is 9.59 Å². The maximum absolute atomic E-state index is 13.7. The van der Waals surface area contributed by atoms with Gasteiger partial charge >= 0.3 is 0 Å². The van der Waals surface area contributed by atoms with Gasteiger partial charge in [-0.1, -0.05) is 42.7 Å². The first-order valence-electron chi connectivity index (χ1n) is 12.5. The number of nitrogens with zero attached hydrogens (tertiary/aromatic N) is 5. The average Bonchev–Trinajstić information content (AvgIpc) is 3.69. The number of aryl methyl sites for hydroxylation is 2. The molecule has 0 aliphatic heterocycles. The molecule has 1 N–H and O–H groups in total. The molecule has 10 nitrogen and oxygen atoms in total. The van der Waals surface area contributed by atoms with Crippen LogP contribution in [0.5, 0.6) is 0 Å². The minimum Gasteiger partial charge on any atom is -0.467 e. The summed E-state index contributed by atoms with van der Waals surface area (Å²) in [4.78, 5) is 30.0. The van der Waals surface area contributed by atoms with Gasteiger partial charge < -0.3 is 19.1 Å². The lowest BCUT2D eigenvalue weighted by Crippen LogP contribution is -2.46. The van der Waals surface area contributed by atoms with Crippen LogP contribution in [0.4, 0.5) is 0 Å². The molecule has 1 fully saturated rings. The van der Waals surface area contributed by atoms with E-state index < -0.39 is 6.04 Å². The number of aromatic nitrogens is 4. The SMILES string of the molecule is Cc1ccc(-c2nnn(CC(=O)N(Cc3ccco3)[C@@H](C(=O)NC3CCCC3)c3ccc(C)o3)n2)cc1. The summed E-state index contributed by atoms with van der Waals surface area (Å²) in [6.45, 7) is 3.68. The first kappa shape index (κ1) is 24.5. The molecule has 37 heavy (non-hydrogen) atoms. The molecule has 1 aliphatic rings. The van der Waals surface area contributed by atoms with Crippen LogP contribution in [0.3, 0.4) is 0 Å². The van der Waals surface area contributed by atoms with Crippen molar-refractivity contribution < 1.29 is 18.4 Å². The monoisotopic (exact) mass is 502 g/mol. The lowest BCUT2D eigenvalue weighted by atomic mass is 10.1. The predicted molar refractivity (Wildman–Crippen MR) is 134 cm³/mol. The first-order chi connectivity index (χ1) is 18.0. The van der Waals surface area contributed by atoms with Crippen LogP contribution in [0.25, 0.3) is 11.4 Å². The Hall–Kier alpha value is -4.21. The standard InChI is InChI=1S/C27H30N6O4/c1-18-9-12-20(13-10-18)26-29-31-33(30-26)17-24(34)32(16-22-8-5-15-36-22)25(23-14-11-19(2)37-23)27(35)28-21-6-3-4-7-21/h5,8-15,21,25H,3-4,6-7,16-17H2,1-2H3,(H,28,35)/t25-/m1/s1. The molecule has 0 spiro atoms. The van der Waals surface area contributed by atoms with Gasteiger partial charge in [-0.15, -0.1) is 10.2 Å². The van der Waals surface area contributed by atoms with Crippen molar-refractivity contribution >= 4 is 11.8 Å². The van der Waals surface area contributed by atoms with Crippen LogP contribution < -0.4 is 5.32 Å². The second-order valence-electron chi connectivity index (χ2n) is 9.45. The Morgan fingerprint density at radius 2 is 1.89 bits per heavy atom. The van der Waals surface area contributed by atoms with Crippen LogP contribution in [-0.4, -0.2) is 43.0 Å². The zero-order chi connectivity index (χ0) is 25.8. The summed E-state index contributed by atoms with van der Waals surface area (Å²) in [6, 6.07) is 13.9. The van der Waals surface area contributed by atoms with E-state index in [9.17, 15) is 9.59 Å². The number of carbonyl (C=O) groups is 2. The smallest absolute Gasteiger partial charge is 0.250 e. The third-order valence-corrected chi connectivity index (χ3v) is 6.56. The zero-order valence-electron chi connectivity index (χ0n) is 21.0. The van der Waals surface area contributed by atoms with E-state index in [0.717, 1.165) is 36.8 Å². The number of tetrazole rings is 1. The van der Waals surface area contributed by atoms with Gasteiger partial charge in [0.05, 0.1) is 12.8 Å². The molecule has 0 saturated heterocycles. The maximum atomic E-state index is 13.7. The number of nitrogens with one attached hydrogen (secondary N) is 1. The van der Waals surface area contributed by atoms with E-state index in [1.807, 2.05) is 31.2 Å². The van der Waals surface area contributed by atoms with Crippen LogP contribution in [-0.2, 0) is 22.7 Å². The fraction of sp³-hybridized carbons (Fsp3) is 0.370. The molecule has 5 rings (SSSR count). The van der Waals surface area contributed by atoms with Crippen LogP contribution in [0.15, 0.2) is 63.6 Å². The van der Waals surface area contributed by atoms with E-state index >= 15 is 0 Å². The molecule has 3 heterocycles. The van der Waals surface area contributed by atoms with E-state index in [2.05, 4.69) is 20.7 Å². The lowest BCUT2D eigenvalue weighted by Gasteiger charge is -2.30. The fourth-order valence-corrected chi connectivity index (χ4v) is 4.61. The Morgan fingerprint density at radius 1 is 1.11 bits per heavy atom. The number of carbonyl (C=O) groups excluding carboxylic acids is 2. The average molecular weight is 503 g/mol. The highest BCUT2D eigenvalue weighted by molar-refractivity contribution is 5.88. The number of benzene rings is 1. The van der Waals surface area contributed by atoms with Gasteiger partial charge in [0, 0.05) is 11.6 Å². The molecule has 192 valence electrons. The zero-order valence-corrected chi connectivity index (χ0v) is 21.0. The maximum Gasteiger partial charge on any atom is 0.250 e. The molecule has 1 aliphatic carbocycles. The highest BCUT2D eigenvalue weighted by atomic mass is 16.3. The Labute approximate surface area is 214 Å². The topological polar surface area (TPSA) is 119 Å². The van der Waals surface area contributed by atoms with Gasteiger partial charge in [0.1, 0.15) is 23.8 Å². The summed E-state index contributed by atoms with van der Waals surface area (Å²) in [5.74, 6) is 1.35. The molecule has 4 aromatic rings. The molecular formula is C27H30N6O4. The molecular weight excluding hydrogens is 472 g/mol. The summed E-state index contributed by atoms with van der Waals surface area (Å²) < 4.78 is 11.4. The van der Waals surface area contributed by atoms with E-state index in [1.54, 1.807) is 31.2 Å². The van der Waals surface area contributed by atoms with Gasteiger partial charge in [0.25, 0.3) is 5.91 Å². The number of furan rings is 2. The number of amides is 2. The number of rotatable bonds is 9. The largest absolute Gasteiger partial charge is 0.467 e. The third-order valence-electron chi connectivity index (χ3n) is 6.56. The number of hydrogen-bond acceptors (Lipinski definition) is 7. The van der Waals surface area contributed by atoms with Gasteiger partial charge in [-0.2, -0.15) is 4.80 Å². The molecule has 0 bridgehead atoms. The minimum atomic E-state index is -0.980. The first-order valence-corrected chi connectivity index (χ1v) is 12.5. The van der Waals surface area contributed by atoms with Crippen LogP contribution in [0.2, 0.25) is 0 Å². The Balaban J connectivity index is 1.42. The number of hydrogen-bond donors (Lipinski definition) is 1. The molecule has 0 radical (unpaired) electrons. The van der Waals surface area contributed by atoms with Crippen molar-refractivity contribution in [3.8, 4) is 11.4 Å². The summed E-state index contributed by atoms with van der Waals surface area (Å²) in [5.41, 5.74) is 1.92. The Morgan fingerprint density at radius 3 is 2.57 bits per heavy atom. The third kappa shape index (κ3) is 5.79. The fourth-order valence-electron chi connectivity index (χ4n) is 4.61. The van der Waals surface area contributed by atoms with Crippen molar-refractivity contribution in [3.05, 3.63) is 77.6 Å². The second-order valence-corrected chi connectivity index (χ2v) is 9.45. The summed E-state index contributed by atoms with van der Waals surface area (Å²) in [6.07, 6.45) is 5.53. The van der Waals surface area contributed by atoms with E-state index in [0.29, 0.717) is 23.1 Å². The highest BCUT2D eigenvalue weighted by Gasteiger charge is 2.36. The van der Waals surface area contributed by atoms with Crippen molar-refractivity contribution in [3.63, 3.8) is 0 Å². The lowest BCUT2D eigenvalue weighted by molar-refractivity contribution is -0.143. The summed E-state index contributed by atoms with van der Waals surface area (Å²) >= 11 is 0. The van der Waals surface area contributed by atoms with Gasteiger partial charge in [0.2, 0.25) is 11.7 Å². The molecule has 3 aromatic heterocycles. The molecule has 1 atom stereocenters. The second kappa shape index (κ2) is 10.8.